The molecule has 0 aliphatic heterocycles. The highest BCUT2D eigenvalue weighted by Gasteiger charge is 2.10. The third-order valence-corrected chi connectivity index (χ3v) is 7.81. The van der Waals surface area contributed by atoms with Crippen molar-refractivity contribution in [3.8, 4) is 11.1 Å². The smallest absolute Gasteiger partial charge is 0.0233 e. The zero-order valence-electron chi connectivity index (χ0n) is 25.7. The predicted molar refractivity (Wildman–Crippen MR) is 170 cm³/mol. The molecule has 38 heavy (non-hydrogen) atoms. The lowest BCUT2D eigenvalue weighted by Crippen LogP contribution is -2.26. The van der Waals surface area contributed by atoms with Crippen LogP contribution in [0.15, 0.2) is 48.5 Å². The van der Waals surface area contributed by atoms with Gasteiger partial charge in [-0.1, -0.05) is 128 Å². The molecule has 0 aliphatic rings. The fraction of sp³-hybridized carbons (Fsp3) is 0.667. The minimum atomic E-state index is 1.08. The molecule has 0 fully saturated rings. The number of benzene rings is 2. The Kier molecular flexibility index (Phi) is 18.2. The third kappa shape index (κ3) is 13.9. The van der Waals surface area contributed by atoms with E-state index in [1.54, 1.807) is 0 Å². The lowest BCUT2D eigenvalue weighted by Gasteiger charge is -2.23. The van der Waals surface area contributed by atoms with Gasteiger partial charge in [-0.3, -0.25) is 9.80 Å². The van der Waals surface area contributed by atoms with E-state index in [4.69, 9.17) is 0 Å². The molecule has 2 aromatic carbocycles. The van der Waals surface area contributed by atoms with Gasteiger partial charge in [0.15, 0.2) is 0 Å². The quantitative estimate of drug-likeness (QED) is 0.134. The van der Waals surface area contributed by atoms with Crippen LogP contribution in [0.1, 0.15) is 129 Å². The van der Waals surface area contributed by atoms with Crippen molar-refractivity contribution in [2.24, 2.45) is 0 Å². The van der Waals surface area contributed by atoms with Gasteiger partial charge in [0.1, 0.15) is 0 Å². The molecule has 0 aromatic heterocycles. The lowest BCUT2D eigenvalue weighted by atomic mass is 10.0. The summed E-state index contributed by atoms with van der Waals surface area (Å²) in [6.45, 7) is 16.3. The van der Waals surface area contributed by atoms with Crippen LogP contribution in [-0.4, -0.2) is 36.0 Å². The van der Waals surface area contributed by atoms with E-state index in [9.17, 15) is 0 Å². The summed E-state index contributed by atoms with van der Waals surface area (Å²) >= 11 is 0. The van der Waals surface area contributed by atoms with E-state index in [2.05, 4.69) is 86.0 Å². The van der Waals surface area contributed by atoms with Crippen molar-refractivity contribution in [3.05, 3.63) is 59.7 Å². The molecule has 0 N–H and O–H groups in total. The first-order chi connectivity index (χ1) is 18.7. The number of unbranched alkanes of at least 4 members (excludes halogenated alkanes) is 10. The largest absolute Gasteiger partial charge is 0.299 e. The Labute approximate surface area is 237 Å². The van der Waals surface area contributed by atoms with Crippen molar-refractivity contribution in [1.82, 2.24) is 9.80 Å². The second-order valence-corrected chi connectivity index (χ2v) is 11.5. The molecule has 0 saturated heterocycles. The van der Waals surface area contributed by atoms with Gasteiger partial charge < -0.3 is 0 Å². The maximum absolute atomic E-state index is 2.70. The third-order valence-electron chi connectivity index (χ3n) is 7.81. The van der Waals surface area contributed by atoms with E-state index in [0.717, 1.165) is 13.1 Å². The molecule has 0 heterocycles. The van der Waals surface area contributed by atoms with Gasteiger partial charge in [-0.25, -0.2) is 0 Å². The Balaban J connectivity index is 2.06. The molecule has 0 amide bonds. The van der Waals surface area contributed by atoms with Gasteiger partial charge in [0.2, 0.25) is 0 Å². The summed E-state index contributed by atoms with van der Waals surface area (Å²) in [5.74, 6) is 0. The number of rotatable bonds is 23. The van der Waals surface area contributed by atoms with Crippen molar-refractivity contribution in [1.29, 1.82) is 0 Å². The lowest BCUT2D eigenvalue weighted by molar-refractivity contribution is 0.253. The molecular formula is C36H60N2. The second kappa shape index (κ2) is 21.2. The highest BCUT2D eigenvalue weighted by molar-refractivity contribution is 5.65. The molecule has 2 rings (SSSR count). The van der Waals surface area contributed by atoms with E-state index in [1.165, 1.54) is 138 Å². The fourth-order valence-electron chi connectivity index (χ4n) is 5.45. The van der Waals surface area contributed by atoms with Crippen molar-refractivity contribution >= 4 is 0 Å². The minimum Gasteiger partial charge on any atom is -0.299 e. The summed E-state index contributed by atoms with van der Waals surface area (Å²) in [6, 6.07) is 18.7. The van der Waals surface area contributed by atoms with Crippen LogP contribution in [0.4, 0.5) is 0 Å². The SMILES string of the molecule is CCCCCCN(CCCCC)Cc1cccc(-c2cccc(CN(CCCCC)CCCCCC)c2)c1. The first-order valence-electron chi connectivity index (χ1n) is 16.3. The van der Waals surface area contributed by atoms with E-state index >= 15 is 0 Å². The minimum absolute atomic E-state index is 1.08. The molecular weight excluding hydrogens is 460 g/mol. The first kappa shape index (κ1) is 32.6. The summed E-state index contributed by atoms with van der Waals surface area (Å²) in [6.07, 6.45) is 18.6. The molecule has 0 atom stereocenters. The summed E-state index contributed by atoms with van der Waals surface area (Å²) in [5, 5.41) is 0. The topological polar surface area (TPSA) is 6.48 Å². The highest BCUT2D eigenvalue weighted by Crippen LogP contribution is 2.24. The average Bonchev–Trinajstić information content (AvgIpc) is 2.93. The Hall–Kier alpha value is -1.64. The first-order valence-corrected chi connectivity index (χ1v) is 16.3. The van der Waals surface area contributed by atoms with Crippen LogP contribution >= 0.6 is 0 Å². The molecule has 2 aromatic rings. The van der Waals surface area contributed by atoms with Crippen LogP contribution in [0.5, 0.6) is 0 Å². The van der Waals surface area contributed by atoms with Crippen LogP contribution in [0, 0.1) is 0 Å². The summed E-state index contributed by atoms with van der Waals surface area (Å²) in [7, 11) is 0. The standard InChI is InChI=1S/C36H60N2/c1-5-9-13-17-27-37(25-15-11-7-3)31-33-21-19-23-35(29-33)36-24-20-22-34(30-36)32-38(26-16-12-8-4)28-18-14-10-6-2/h19-24,29-30H,5-18,25-28,31-32H2,1-4H3. The molecule has 0 spiro atoms. The average molecular weight is 521 g/mol. The van der Waals surface area contributed by atoms with E-state index in [0.29, 0.717) is 0 Å². The van der Waals surface area contributed by atoms with E-state index < -0.39 is 0 Å². The maximum atomic E-state index is 2.70. The zero-order chi connectivity index (χ0) is 27.3. The number of nitrogens with zero attached hydrogens (tertiary/aromatic N) is 2. The normalized spacial score (nSPS) is 11.6. The van der Waals surface area contributed by atoms with Crippen molar-refractivity contribution < 1.29 is 0 Å². The van der Waals surface area contributed by atoms with Crippen LogP contribution in [-0.2, 0) is 13.1 Å². The molecule has 2 heteroatoms. The van der Waals surface area contributed by atoms with Gasteiger partial charge in [-0.2, -0.15) is 0 Å². The Morgan fingerprint density at radius 3 is 1.13 bits per heavy atom. The van der Waals surface area contributed by atoms with E-state index in [-0.39, 0.29) is 0 Å². The van der Waals surface area contributed by atoms with E-state index in [1.807, 2.05) is 0 Å². The molecule has 2 nitrogen and oxygen atoms in total. The van der Waals surface area contributed by atoms with Gasteiger partial charge in [-0.05, 0) is 86.2 Å². The van der Waals surface area contributed by atoms with Gasteiger partial charge in [0, 0.05) is 13.1 Å². The van der Waals surface area contributed by atoms with Crippen LogP contribution in [0.25, 0.3) is 11.1 Å². The van der Waals surface area contributed by atoms with Crippen LogP contribution in [0.3, 0.4) is 0 Å². The van der Waals surface area contributed by atoms with Crippen molar-refractivity contribution in [3.63, 3.8) is 0 Å². The molecule has 0 bridgehead atoms. The van der Waals surface area contributed by atoms with Gasteiger partial charge in [0.25, 0.3) is 0 Å². The molecule has 0 saturated carbocycles. The van der Waals surface area contributed by atoms with Gasteiger partial charge in [0.05, 0.1) is 0 Å². The summed E-state index contributed by atoms with van der Waals surface area (Å²) < 4.78 is 0. The van der Waals surface area contributed by atoms with Crippen LogP contribution < -0.4 is 0 Å². The molecule has 0 aliphatic carbocycles. The van der Waals surface area contributed by atoms with Crippen molar-refractivity contribution in [2.75, 3.05) is 26.2 Å². The monoisotopic (exact) mass is 520 g/mol. The Bertz CT molecular complexity index is 760. The Morgan fingerprint density at radius 1 is 0.421 bits per heavy atom. The van der Waals surface area contributed by atoms with Crippen molar-refractivity contribution in [2.45, 2.75) is 131 Å². The second-order valence-electron chi connectivity index (χ2n) is 11.5. The molecule has 214 valence electrons. The summed E-state index contributed by atoms with van der Waals surface area (Å²) in [4.78, 5) is 5.40. The number of hydrogen-bond acceptors (Lipinski definition) is 2. The molecule has 0 radical (unpaired) electrons. The zero-order valence-corrected chi connectivity index (χ0v) is 25.7. The van der Waals surface area contributed by atoms with Gasteiger partial charge >= 0.3 is 0 Å². The Morgan fingerprint density at radius 2 is 0.763 bits per heavy atom. The van der Waals surface area contributed by atoms with Gasteiger partial charge in [-0.15, -0.1) is 0 Å². The van der Waals surface area contributed by atoms with Crippen LogP contribution in [0.2, 0.25) is 0 Å². The predicted octanol–water partition coefficient (Wildman–Crippen LogP) is 10.5. The fourth-order valence-corrected chi connectivity index (χ4v) is 5.45. The maximum Gasteiger partial charge on any atom is 0.0233 e. The number of hydrogen-bond donors (Lipinski definition) is 0. The highest BCUT2D eigenvalue weighted by atomic mass is 15.1. The molecule has 0 unspecified atom stereocenters. The summed E-state index contributed by atoms with van der Waals surface area (Å²) in [5.41, 5.74) is 5.64.